The van der Waals surface area contributed by atoms with Crippen LogP contribution in [0.3, 0.4) is 0 Å². The van der Waals surface area contributed by atoms with Gasteiger partial charge in [-0.25, -0.2) is 0 Å². The van der Waals surface area contributed by atoms with Crippen LogP contribution in [0.15, 0.2) is 29.6 Å². The molecule has 1 aromatic heterocycles. The highest BCUT2D eigenvalue weighted by Gasteiger charge is 2.23. The first-order valence-electron chi connectivity index (χ1n) is 8.84. The molecule has 5 nitrogen and oxygen atoms in total. The number of H-pyrrole nitrogens is 1. The number of aryl methyl sites for hydroxylation is 2. The van der Waals surface area contributed by atoms with Crippen LogP contribution in [0.2, 0.25) is 0 Å². The largest absolute Gasteiger partial charge is 0.496 e. The number of benzene rings is 1. The maximum atomic E-state index is 13.5. The predicted molar refractivity (Wildman–Crippen MR) is 107 cm³/mol. The summed E-state index contributed by atoms with van der Waals surface area (Å²) in [5.41, 5.74) is 4.02. The smallest absolute Gasteiger partial charge is 0.199 e. The summed E-state index contributed by atoms with van der Waals surface area (Å²) in [6.07, 6.45) is 2.79. The van der Waals surface area contributed by atoms with Crippen LogP contribution in [0.1, 0.15) is 36.7 Å². The van der Waals surface area contributed by atoms with E-state index in [-0.39, 0.29) is 5.43 Å². The van der Waals surface area contributed by atoms with Gasteiger partial charge in [-0.05, 0) is 31.9 Å². The van der Waals surface area contributed by atoms with Gasteiger partial charge in [-0.15, -0.1) is 0 Å². The Balaban J connectivity index is 2.90. The first-order valence-corrected chi connectivity index (χ1v) is 8.84. The number of rotatable bonds is 8. The van der Waals surface area contributed by atoms with Gasteiger partial charge in [0.15, 0.2) is 5.43 Å². The van der Waals surface area contributed by atoms with Crippen molar-refractivity contribution in [3.8, 4) is 22.6 Å². The Bertz CT molecular complexity index is 831. The maximum Gasteiger partial charge on any atom is 0.199 e. The summed E-state index contributed by atoms with van der Waals surface area (Å²) in [7, 11) is 4.95. The Morgan fingerprint density at radius 1 is 1.19 bits per heavy atom. The molecule has 26 heavy (non-hydrogen) atoms. The fourth-order valence-electron chi connectivity index (χ4n) is 3.18. The van der Waals surface area contributed by atoms with Crippen LogP contribution in [0.25, 0.3) is 16.8 Å². The van der Waals surface area contributed by atoms with Crippen LogP contribution in [0.4, 0.5) is 0 Å². The second-order valence-corrected chi connectivity index (χ2v) is 6.18. The molecule has 0 aliphatic carbocycles. The molecule has 0 atom stereocenters. The summed E-state index contributed by atoms with van der Waals surface area (Å²) in [6, 6.07) is 5.53. The van der Waals surface area contributed by atoms with Crippen molar-refractivity contribution in [3.63, 3.8) is 0 Å². The van der Waals surface area contributed by atoms with E-state index in [4.69, 9.17) is 9.47 Å². The van der Waals surface area contributed by atoms with Gasteiger partial charge in [0.2, 0.25) is 0 Å². The van der Waals surface area contributed by atoms with Crippen LogP contribution < -0.4 is 20.2 Å². The highest BCUT2D eigenvalue weighted by Crippen LogP contribution is 2.38. The van der Waals surface area contributed by atoms with E-state index in [9.17, 15) is 4.79 Å². The lowest BCUT2D eigenvalue weighted by Crippen LogP contribution is -2.22. The monoisotopic (exact) mass is 356 g/mol. The molecule has 2 N–H and O–H groups in total. The van der Waals surface area contributed by atoms with Gasteiger partial charge in [0, 0.05) is 24.1 Å². The lowest BCUT2D eigenvalue weighted by molar-refractivity contribution is 0.397. The minimum Gasteiger partial charge on any atom is -0.496 e. The zero-order valence-electron chi connectivity index (χ0n) is 16.3. The van der Waals surface area contributed by atoms with Crippen LogP contribution in [0.5, 0.6) is 11.5 Å². The van der Waals surface area contributed by atoms with Crippen LogP contribution >= 0.6 is 0 Å². The number of ether oxygens (including phenoxy) is 2. The van der Waals surface area contributed by atoms with Gasteiger partial charge < -0.3 is 19.8 Å². The molecule has 0 unspecified atom stereocenters. The molecule has 0 fully saturated rings. The fourth-order valence-corrected chi connectivity index (χ4v) is 3.18. The van der Waals surface area contributed by atoms with Gasteiger partial charge in [0.05, 0.1) is 30.9 Å². The van der Waals surface area contributed by atoms with Gasteiger partial charge in [0.25, 0.3) is 0 Å². The van der Waals surface area contributed by atoms with E-state index in [2.05, 4.69) is 23.8 Å². The SMILES string of the molecule is C=C(NC)c1c(C)[nH]c(CCCC)c(-c2c(OC)cccc2OC)c1=O. The van der Waals surface area contributed by atoms with E-state index in [1.165, 1.54) is 0 Å². The zero-order valence-corrected chi connectivity index (χ0v) is 16.3. The second kappa shape index (κ2) is 8.61. The first kappa shape index (κ1) is 19.6. The molecule has 5 heteroatoms. The number of aromatic nitrogens is 1. The summed E-state index contributed by atoms with van der Waals surface area (Å²) in [4.78, 5) is 16.9. The van der Waals surface area contributed by atoms with Crippen molar-refractivity contribution in [1.82, 2.24) is 10.3 Å². The Morgan fingerprint density at radius 3 is 2.31 bits per heavy atom. The average molecular weight is 356 g/mol. The minimum absolute atomic E-state index is 0.0745. The van der Waals surface area contributed by atoms with Crippen molar-refractivity contribution < 1.29 is 9.47 Å². The van der Waals surface area contributed by atoms with Crippen molar-refractivity contribution >= 4 is 5.70 Å². The van der Waals surface area contributed by atoms with Gasteiger partial charge in [-0.2, -0.15) is 0 Å². The number of pyridine rings is 1. The van der Waals surface area contributed by atoms with E-state index in [1.54, 1.807) is 21.3 Å². The lowest BCUT2D eigenvalue weighted by Gasteiger charge is -2.19. The van der Waals surface area contributed by atoms with Crippen molar-refractivity contribution in [3.05, 3.63) is 52.0 Å². The topological polar surface area (TPSA) is 63.4 Å². The first-order chi connectivity index (χ1) is 12.5. The second-order valence-electron chi connectivity index (χ2n) is 6.18. The van der Waals surface area contributed by atoms with E-state index < -0.39 is 0 Å². The number of unbranched alkanes of at least 4 members (excludes halogenated alkanes) is 1. The van der Waals surface area contributed by atoms with Crippen molar-refractivity contribution in [2.24, 2.45) is 0 Å². The number of aromatic amines is 1. The molecule has 0 radical (unpaired) electrons. The van der Waals surface area contributed by atoms with E-state index in [0.717, 1.165) is 30.7 Å². The molecule has 0 saturated carbocycles. The van der Waals surface area contributed by atoms with Crippen LogP contribution in [-0.4, -0.2) is 26.3 Å². The van der Waals surface area contributed by atoms with Crippen molar-refractivity contribution in [2.75, 3.05) is 21.3 Å². The van der Waals surface area contributed by atoms with Crippen LogP contribution in [-0.2, 0) is 6.42 Å². The molecule has 0 aliphatic rings. The average Bonchev–Trinajstić information content (AvgIpc) is 2.65. The Labute approximate surface area is 155 Å². The molecular weight excluding hydrogens is 328 g/mol. The number of methoxy groups -OCH3 is 2. The molecule has 1 heterocycles. The maximum absolute atomic E-state index is 13.5. The van der Waals surface area contributed by atoms with E-state index in [1.807, 2.05) is 25.1 Å². The van der Waals surface area contributed by atoms with E-state index in [0.29, 0.717) is 33.9 Å². The number of nitrogens with one attached hydrogen (secondary N) is 2. The molecule has 2 rings (SSSR count). The summed E-state index contributed by atoms with van der Waals surface area (Å²) in [6.45, 7) is 8.01. The standard InChI is InChI=1S/C21H28N2O3/c1-7-8-10-15-19(20-16(25-5)11-9-12-17(20)26-6)21(24)18(13(2)22-4)14(3)23-15/h9,11-12,22H,2,7-8,10H2,1,3-6H3,(H,23,24). The molecule has 1 aromatic carbocycles. The van der Waals surface area contributed by atoms with Crippen molar-refractivity contribution in [1.29, 1.82) is 0 Å². The molecule has 0 bridgehead atoms. The zero-order chi connectivity index (χ0) is 19.3. The number of hydrogen-bond donors (Lipinski definition) is 2. The Kier molecular flexibility index (Phi) is 6.50. The summed E-state index contributed by atoms with van der Waals surface area (Å²) in [5.74, 6) is 1.22. The Morgan fingerprint density at radius 2 is 1.81 bits per heavy atom. The molecular formula is C21H28N2O3. The van der Waals surface area contributed by atoms with Crippen LogP contribution in [0, 0.1) is 6.92 Å². The van der Waals surface area contributed by atoms with Gasteiger partial charge >= 0.3 is 0 Å². The third-order valence-corrected chi connectivity index (χ3v) is 4.53. The predicted octanol–water partition coefficient (Wildman–Crippen LogP) is 3.90. The molecule has 2 aromatic rings. The molecule has 140 valence electrons. The Hall–Kier alpha value is -2.69. The van der Waals surface area contributed by atoms with E-state index >= 15 is 0 Å². The molecule has 0 aliphatic heterocycles. The molecule has 0 spiro atoms. The molecule has 0 saturated heterocycles. The van der Waals surface area contributed by atoms with Gasteiger partial charge in [-0.3, -0.25) is 4.79 Å². The summed E-state index contributed by atoms with van der Waals surface area (Å²) >= 11 is 0. The summed E-state index contributed by atoms with van der Waals surface area (Å²) in [5, 5.41) is 2.98. The van der Waals surface area contributed by atoms with Gasteiger partial charge in [-0.1, -0.05) is 26.0 Å². The lowest BCUT2D eigenvalue weighted by atomic mass is 9.95. The van der Waals surface area contributed by atoms with Crippen molar-refractivity contribution in [2.45, 2.75) is 33.1 Å². The summed E-state index contributed by atoms with van der Waals surface area (Å²) < 4.78 is 11.1. The highest BCUT2D eigenvalue weighted by molar-refractivity contribution is 5.81. The molecule has 0 amide bonds. The normalized spacial score (nSPS) is 10.5. The number of hydrogen-bond acceptors (Lipinski definition) is 4. The minimum atomic E-state index is -0.0745. The third-order valence-electron chi connectivity index (χ3n) is 4.53. The highest BCUT2D eigenvalue weighted by atomic mass is 16.5. The fraction of sp³-hybridized carbons (Fsp3) is 0.381. The van der Waals surface area contributed by atoms with Gasteiger partial charge in [0.1, 0.15) is 11.5 Å². The quantitative estimate of drug-likeness (QED) is 0.753. The third kappa shape index (κ3) is 3.62.